The van der Waals surface area contributed by atoms with Gasteiger partial charge in [-0.1, -0.05) is 17.7 Å². The van der Waals surface area contributed by atoms with Crippen LogP contribution in [0.4, 0.5) is 17.5 Å². The van der Waals surface area contributed by atoms with Crippen molar-refractivity contribution in [3.63, 3.8) is 0 Å². The summed E-state index contributed by atoms with van der Waals surface area (Å²) >= 11 is 9.40. The van der Waals surface area contributed by atoms with E-state index in [1.165, 1.54) is 0 Å². The van der Waals surface area contributed by atoms with Crippen molar-refractivity contribution in [2.24, 2.45) is 0 Å². The Balaban J connectivity index is 1.70. The molecule has 1 aliphatic rings. The summed E-state index contributed by atoms with van der Waals surface area (Å²) in [6.45, 7) is 3.50. The summed E-state index contributed by atoms with van der Waals surface area (Å²) in [6, 6.07) is 9.63. The van der Waals surface area contributed by atoms with Crippen molar-refractivity contribution in [3.05, 3.63) is 40.0 Å². The van der Waals surface area contributed by atoms with E-state index in [0.717, 1.165) is 36.9 Å². The fourth-order valence-corrected chi connectivity index (χ4v) is 2.98. The van der Waals surface area contributed by atoms with Crippen LogP contribution < -0.4 is 15.5 Å². The zero-order valence-electron chi connectivity index (χ0n) is 11.3. The smallest absolute Gasteiger partial charge is 0.228 e. The fraction of sp³-hybridized carbons (Fsp3) is 0.286. The van der Waals surface area contributed by atoms with Crippen molar-refractivity contribution < 1.29 is 0 Å². The topological polar surface area (TPSA) is 58.3 Å². The maximum absolute atomic E-state index is 6.05. The first-order chi connectivity index (χ1) is 10.1. The molecule has 1 fully saturated rings. The van der Waals surface area contributed by atoms with E-state index in [0.29, 0.717) is 16.4 Å². The molecule has 0 bridgehead atoms. The van der Waals surface area contributed by atoms with Gasteiger partial charge in [0.1, 0.15) is 10.4 Å². The highest BCUT2D eigenvalue weighted by Crippen LogP contribution is 2.22. The molecule has 1 aliphatic heterocycles. The maximum atomic E-state index is 6.05. The highest BCUT2D eigenvalue weighted by atomic mass is 79.9. The molecule has 110 valence electrons. The predicted molar refractivity (Wildman–Crippen MR) is 90.0 cm³/mol. The standard InChI is InChI=1S/C14H15BrClN5/c15-12-9-13(17)19-14(18-12)21-6-4-20(5-7-21)11-3-1-2-10(16)8-11/h1-3,8-9H,4-7H2,(H2,17,18,19). The van der Waals surface area contributed by atoms with Crippen LogP contribution in [0.25, 0.3) is 0 Å². The van der Waals surface area contributed by atoms with Crippen molar-refractivity contribution in [2.45, 2.75) is 0 Å². The molecule has 3 rings (SSSR count). The summed E-state index contributed by atoms with van der Waals surface area (Å²) in [6.07, 6.45) is 0. The molecule has 21 heavy (non-hydrogen) atoms. The van der Waals surface area contributed by atoms with Crippen LogP contribution in [0.5, 0.6) is 0 Å². The van der Waals surface area contributed by atoms with Gasteiger partial charge in [0.15, 0.2) is 0 Å². The Labute approximate surface area is 136 Å². The minimum Gasteiger partial charge on any atom is -0.383 e. The molecule has 2 heterocycles. The van der Waals surface area contributed by atoms with E-state index < -0.39 is 0 Å². The zero-order valence-corrected chi connectivity index (χ0v) is 13.7. The van der Waals surface area contributed by atoms with Crippen LogP contribution in [0.15, 0.2) is 34.9 Å². The average Bonchev–Trinajstić information content (AvgIpc) is 2.46. The third kappa shape index (κ3) is 3.39. The van der Waals surface area contributed by atoms with Crippen molar-refractivity contribution in [1.29, 1.82) is 0 Å². The molecule has 1 aromatic heterocycles. The van der Waals surface area contributed by atoms with Crippen molar-refractivity contribution >= 4 is 45.0 Å². The number of nitrogens with two attached hydrogens (primary N) is 1. The van der Waals surface area contributed by atoms with E-state index in [-0.39, 0.29) is 0 Å². The molecule has 0 amide bonds. The number of rotatable bonds is 2. The Kier molecular flexibility index (Phi) is 4.17. The third-order valence-corrected chi connectivity index (χ3v) is 4.08. The lowest BCUT2D eigenvalue weighted by Crippen LogP contribution is -2.47. The van der Waals surface area contributed by atoms with Crippen LogP contribution in [0, 0.1) is 0 Å². The highest BCUT2D eigenvalue weighted by Gasteiger charge is 2.20. The fourth-order valence-electron chi connectivity index (χ4n) is 2.40. The quantitative estimate of drug-likeness (QED) is 0.826. The van der Waals surface area contributed by atoms with Gasteiger partial charge in [-0.2, -0.15) is 4.98 Å². The van der Waals surface area contributed by atoms with E-state index in [2.05, 4.69) is 41.8 Å². The van der Waals surface area contributed by atoms with Gasteiger partial charge in [-0.05, 0) is 34.1 Å². The molecule has 7 heteroatoms. The molecule has 0 radical (unpaired) electrons. The molecule has 5 nitrogen and oxygen atoms in total. The molecule has 0 atom stereocenters. The summed E-state index contributed by atoms with van der Waals surface area (Å²) in [5.41, 5.74) is 6.92. The molecule has 2 aromatic rings. The number of nitrogen functional groups attached to an aromatic ring is 1. The van der Waals surface area contributed by atoms with Gasteiger partial charge >= 0.3 is 0 Å². The van der Waals surface area contributed by atoms with Crippen molar-refractivity contribution in [1.82, 2.24) is 9.97 Å². The van der Waals surface area contributed by atoms with Crippen LogP contribution in [-0.2, 0) is 0 Å². The normalized spacial score (nSPS) is 15.3. The SMILES string of the molecule is Nc1cc(Br)nc(N2CCN(c3cccc(Cl)c3)CC2)n1. The Morgan fingerprint density at radius 2 is 1.76 bits per heavy atom. The lowest BCUT2D eigenvalue weighted by Gasteiger charge is -2.36. The summed E-state index contributed by atoms with van der Waals surface area (Å²) in [4.78, 5) is 13.1. The third-order valence-electron chi connectivity index (χ3n) is 3.44. The Morgan fingerprint density at radius 1 is 1.05 bits per heavy atom. The van der Waals surface area contributed by atoms with Gasteiger partial charge in [-0.15, -0.1) is 0 Å². The van der Waals surface area contributed by atoms with Crippen LogP contribution in [0.2, 0.25) is 5.02 Å². The second-order valence-corrected chi connectivity index (χ2v) is 6.12. The molecule has 0 unspecified atom stereocenters. The molecule has 0 saturated carbocycles. The van der Waals surface area contributed by atoms with E-state index in [4.69, 9.17) is 17.3 Å². The van der Waals surface area contributed by atoms with E-state index in [1.807, 2.05) is 18.2 Å². The van der Waals surface area contributed by atoms with E-state index >= 15 is 0 Å². The van der Waals surface area contributed by atoms with Crippen molar-refractivity contribution in [3.8, 4) is 0 Å². The van der Waals surface area contributed by atoms with Crippen LogP contribution in [0.1, 0.15) is 0 Å². The van der Waals surface area contributed by atoms with Gasteiger partial charge in [0.2, 0.25) is 5.95 Å². The molecular weight excluding hydrogens is 354 g/mol. The first-order valence-electron chi connectivity index (χ1n) is 6.67. The van der Waals surface area contributed by atoms with Crippen LogP contribution in [-0.4, -0.2) is 36.1 Å². The van der Waals surface area contributed by atoms with Crippen molar-refractivity contribution in [2.75, 3.05) is 41.7 Å². The van der Waals surface area contributed by atoms with Gasteiger partial charge < -0.3 is 15.5 Å². The van der Waals surface area contributed by atoms with Gasteiger partial charge in [0.25, 0.3) is 0 Å². The molecule has 1 saturated heterocycles. The minimum absolute atomic E-state index is 0.476. The summed E-state index contributed by atoms with van der Waals surface area (Å²) < 4.78 is 0.710. The zero-order chi connectivity index (χ0) is 14.8. The summed E-state index contributed by atoms with van der Waals surface area (Å²) in [7, 11) is 0. The first-order valence-corrected chi connectivity index (χ1v) is 7.84. The van der Waals surface area contributed by atoms with Gasteiger partial charge in [-0.3, -0.25) is 0 Å². The number of anilines is 3. The second-order valence-electron chi connectivity index (χ2n) is 4.87. The number of hydrogen-bond donors (Lipinski definition) is 1. The Morgan fingerprint density at radius 3 is 2.43 bits per heavy atom. The van der Waals surface area contributed by atoms with Crippen LogP contribution >= 0.6 is 27.5 Å². The largest absolute Gasteiger partial charge is 0.383 e. The number of nitrogens with zero attached hydrogens (tertiary/aromatic N) is 4. The van der Waals surface area contributed by atoms with Gasteiger partial charge in [0, 0.05) is 43.0 Å². The summed E-state index contributed by atoms with van der Waals surface area (Å²) in [5.74, 6) is 1.15. The van der Waals surface area contributed by atoms with Gasteiger partial charge in [0.05, 0.1) is 0 Å². The predicted octanol–water partition coefficient (Wildman–Crippen LogP) is 2.80. The van der Waals surface area contributed by atoms with E-state index in [1.54, 1.807) is 6.07 Å². The number of benzene rings is 1. The Hall–Kier alpha value is -1.53. The molecule has 0 spiro atoms. The van der Waals surface area contributed by atoms with Crippen LogP contribution in [0.3, 0.4) is 0 Å². The second kappa shape index (κ2) is 6.07. The monoisotopic (exact) mass is 367 g/mol. The summed E-state index contributed by atoms with van der Waals surface area (Å²) in [5, 5.41) is 0.762. The lowest BCUT2D eigenvalue weighted by atomic mass is 10.2. The van der Waals surface area contributed by atoms with E-state index in [9.17, 15) is 0 Å². The Bertz CT molecular complexity index is 623. The van der Waals surface area contributed by atoms with Gasteiger partial charge in [-0.25, -0.2) is 4.98 Å². The number of piperazine rings is 1. The maximum Gasteiger partial charge on any atom is 0.228 e. The number of aromatic nitrogens is 2. The highest BCUT2D eigenvalue weighted by molar-refractivity contribution is 9.10. The number of hydrogen-bond acceptors (Lipinski definition) is 5. The molecular formula is C14H15BrClN5. The molecule has 2 N–H and O–H groups in total. The first kappa shape index (κ1) is 14.4. The average molecular weight is 369 g/mol. The number of halogens is 2. The lowest BCUT2D eigenvalue weighted by molar-refractivity contribution is 0.640. The molecule has 1 aromatic carbocycles. The minimum atomic E-state index is 0.476. The molecule has 0 aliphatic carbocycles.